The highest BCUT2D eigenvalue weighted by Gasteiger charge is 2.76. The number of nitrogens with zero attached hydrogens (tertiary/aromatic N) is 2. The van der Waals surface area contributed by atoms with Crippen LogP contribution in [0, 0.1) is 5.41 Å². The number of esters is 2. The Morgan fingerprint density at radius 1 is 1.02 bits per heavy atom. The molecule has 1 aromatic carbocycles. The summed E-state index contributed by atoms with van der Waals surface area (Å²) in [5, 5.41) is 17.1. The molecule has 0 aromatic heterocycles. The molecule has 4 fully saturated rings. The highest BCUT2D eigenvalue weighted by Crippen LogP contribution is 2.58. The minimum Gasteiger partial charge on any atom is -0.460 e. The Kier molecular flexibility index (Phi) is 15.7. The second-order valence-corrected chi connectivity index (χ2v) is 17.6. The molecule has 3 aliphatic heterocycles. The van der Waals surface area contributed by atoms with Gasteiger partial charge in [0.2, 0.25) is 17.7 Å². The van der Waals surface area contributed by atoms with E-state index in [-0.39, 0.29) is 51.3 Å². The lowest BCUT2D eigenvalue weighted by atomic mass is 9.62. The zero-order valence-electron chi connectivity index (χ0n) is 36.0. The lowest BCUT2D eigenvalue weighted by molar-refractivity contribution is -0.224. The van der Waals surface area contributed by atoms with Crippen LogP contribution in [0.4, 0.5) is 0 Å². The first-order valence-electron chi connectivity index (χ1n) is 21.4. The van der Waals surface area contributed by atoms with Gasteiger partial charge in [-0.2, -0.15) is 5.06 Å². The molecular weight excluding hydrogens is 761 g/mol. The summed E-state index contributed by atoms with van der Waals surface area (Å²) in [4.78, 5) is 75.0. The number of aliphatic hydroxyl groups is 1. The van der Waals surface area contributed by atoms with Crippen LogP contribution in [0.15, 0.2) is 30.3 Å². The molecule has 4 aliphatic rings. The molecule has 15 nitrogen and oxygen atoms in total. The largest absolute Gasteiger partial charge is 0.460 e. The van der Waals surface area contributed by atoms with Gasteiger partial charge in [-0.3, -0.25) is 28.8 Å². The molecule has 15 heteroatoms. The molecule has 1 saturated carbocycles. The van der Waals surface area contributed by atoms with Crippen molar-refractivity contribution in [3.63, 3.8) is 0 Å². The molecule has 2 bridgehead atoms. The van der Waals surface area contributed by atoms with Gasteiger partial charge in [0.1, 0.15) is 35.4 Å². The SMILES string of the molecule is CCCCCC1(CCCCC)O[C@@H]2[C@H]3ON(Cc4ccccc4C=CC(=O)N(C)C)[C@H]4C(=O)OC(CC34C(=O)NCCC(=O)N[C@H](CO)CCC(=O)OC(C)(C)C)[C@@H]2O1. The van der Waals surface area contributed by atoms with E-state index in [4.69, 9.17) is 23.8 Å². The van der Waals surface area contributed by atoms with E-state index >= 15 is 0 Å². The summed E-state index contributed by atoms with van der Waals surface area (Å²) in [5.74, 6) is -3.04. The fourth-order valence-corrected chi connectivity index (χ4v) is 8.66. The maximum atomic E-state index is 14.8. The smallest absolute Gasteiger partial charge is 0.327 e. The van der Waals surface area contributed by atoms with E-state index in [2.05, 4.69) is 24.5 Å². The van der Waals surface area contributed by atoms with E-state index in [1.54, 1.807) is 40.9 Å². The number of nitrogens with one attached hydrogen (secondary N) is 2. The molecule has 3 heterocycles. The van der Waals surface area contributed by atoms with Crippen LogP contribution in [0.25, 0.3) is 6.08 Å². The van der Waals surface area contributed by atoms with Crippen LogP contribution in [0.2, 0.25) is 0 Å². The van der Waals surface area contributed by atoms with Crippen LogP contribution in [0.3, 0.4) is 0 Å². The molecule has 7 atom stereocenters. The lowest BCUT2D eigenvalue weighted by Crippen LogP contribution is -2.69. The Bertz CT molecular complexity index is 1670. The molecule has 0 radical (unpaired) electrons. The molecule has 3 N–H and O–H groups in total. The standard InChI is InChI=1S/C44H66N4O11/c1-8-10-14-23-43(24-15-11-9-2)57-36-32-26-44(41(54)45-25-22-33(50)46-31(28-49)19-21-35(52)56-42(3,4)5)38(40(53)55-32)48(59-39(44)37(36)58-43)27-30-17-13-12-16-29(30)18-20-34(51)47(6)7/h12-13,16-18,20,31-32,36-39,49H,8-11,14-15,19,21-28H2,1-7H3,(H,45,54)(H,46,50)/t31-,32?,36-,37-,38-,39+,44?/m0/s1. The van der Waals surface area contributed by atoms with Crippen molar-refractivity contribution in [2.75, 3.05) is 27.2 Å². The summed E-state index contributed by atoms with van der Waals surface area (Å²) >= 11 is 0. The van der Waals surface area contributed by atoms with Crippen LogP contribution in [0.1, 0.15) is 123 Å². The van der Waals surface area contributed by atoms with Gasteiger partial charge in [-0.25, -0.2) is 0 Å². The van der Waals surface area contributed by atoms with Crippen molar-refractivity contribution in [1.82, 2.24) is 20.6 Å². The maximum absolute atomic E-state index is 14.8. The first kappa shape index (κ1) is 46.2. The summed E-state index contributed by atoms with van der Waals surface area (Å²) in [7, 11) is 3.34. The number of carbonyl (C=O) groups excluding carboxylic acids is 5. The van der Waals surface area contributed by atoms with Crippen molar-refractivity contribution < 1.29 is 52.9 Å². The number of rotatable bonds is 21. The highest BCUT2D eigenvalue weighted by molar-refractivity contribution is 5.94. The number of hydroxylamine groups is 2. The molecule has 5 rings (SSSR count). The Hall–Kier alpha value is -3.89. The number of benzene rings is 1. The molecule has 3 amide bonds. The molecule has 1 aromatic rings. The topological polar surface area (TPSA) is 182 Å². The summed E-state index contributed by atoms with van der Waals surface area (Å²) in [6.45, 7) is 9.23. The molecule has 0 spiro atoms. The summed E-state index contributed by atoms with van der Waals surface area (Å²) in [6.07, 6.45) is 7.48. The van der Waals surface area contributed by atoms with Gasteiger partial charge >= 0.3 is 11.9 Å². The minimum atomic E-state index is -1.45. The number of amides is 3. The van der Waals surface area contributed by atoms with Crippen molar-refractivity contribution in [2.45, 2.75) is 166 Å². The Morgan fingerprint density at radius 2 is 1.69 bits per heavy atom. The van der Waals surface area contributed by atoms with Crippen molar-refractivity contribution in [3.05, 3.63) is 41.5 Å². The molecule has 328 valence electrons. The fourth-order valence-electron chi connectivity index (χ4n) is 8.66. The maximum Gasteiger partial charge on any atom is 0.327 e. The number of ether oxygens (including phenoxy) is 4. The number of likely N-dealkylation sites (N-methyl/N-ethyl adjacent to an activating group) is 1. The Balaban J connectivity index is 1.39. The van der Waals surface area contributed by atoms with Crippen LogP contribution >= 0.6 is 0 Å². The van der Waals surface area contributed by atoms with Gasteiger partial charge < -0.3 is 39.6 Å². The van der Waals surface area contributed by atoms with Gasteiger partial charge in [-0.1, -0.05) is 63.8 Å². The zero-order valence-corrected chi connectivity index (χ0v) is 36.0. The third kappa shape index (κ3) is 11.1. The molecule has 1 aliphatic carbocycles. The van der Waals surface area contributed by atoms with Crippen LogP contribution < -0.4 is 10.6 Å². The van der Waals surface area contributed by atoms with Crippen molar-refractivity contribution in [2.24, 2.45) is 5.41 Å². The van der Waals surface area contributed by atoms with E-state index in [0.717, 1.165) is 49.7 Å². The van der Waals surface area contributed by atoms with Crippen LogP contribution in [-0.4, -0.2) is 120 Å². The summed E-state index contributed by atoms with van der Waals surface area (Å²) < 4.78 is 25.3. The van der Waals surface area contributed by atoms with E-state index < -0.39 is 77.1 Å². The van der Waals surface area contributed by atoms with E-state index in [1.807, 2.05) is 24.3 Å². The van der Waals surface area contributed by atoms with Gasteiger partial charge in [0.25, 0.3) is 0 Å². The van der Waals surface area contributed by atoms with Crippen molar-refractivity contribution >= 4 is 35.7 Å². The van der Waals surface area contributed by atoms with Gasteiger partial charge in [0.05, 0.1) is 19.2 Å². The minimum absolute atomic E-state index is 0.0139. The number of hydrogen-bond acceptors (Lipinski definition) is 12. The lowest BCUT2D eigenvalue weighted by Gasteiger charge is -2.48. The second kappa shape index (κ2) is 20.1. The van der Waals surface area contributed by atoms with Crippen LogP contribution in [0.5, 0.6) is 0 Å². The summed E-state index contributed by atoms with van der Waals surface area (Å²) in [5.41, 5.74) is -0.600. The van der Waals surface area contributed by atoms with Crippen molar-refractivity contribution in [3.8, 4) is 0 Å². The molecule has 3 saturated heterocycles. The van der Waals surface area contributed by atoms with E-state index in [0.29, 0.717) is 12.8 Å². The highest BCUT2D eigenvalue weighted by atomic mass is 16.8. The number of aliphatic hydroxyl groups excluding tert-OH is 1. The van der Waals surface area contributed by atoms with Crippen molar-refractivity contribution in [1.29, 1.82) is 0 Å². The average Bonchev–Trinajstić information content (AvgIpc) is 3.73. The second-order valence-electron chi connectivity index (χ2n) is 17.6. The zero-order chi connectivity index (χ0) is 43.0. The monoisotopic (exact) mass is 826 g/mol. The third-order valence-electron chi connectivity index (χ3n) is 11.6. The fraction of sp³-hybridized carbons (Fsp3) is 0.705. The number of fused-ring (bicyclic) bond motifs is 4. The quantitative estimate of drug-likeness (QED) is 0.0908. The number of hydrogen-bond donors (Lipinski definition) is 3. The predicted molar refractivity (Wildman–Crippen MR) is 218 cm³/mol. The van der Waals surface area contributed by atoms with E-state index in [1.165, 1.54) is 16.0 Å². The first-order chi connectivity index (χ1) is 28.1. The van der Waals surface area contributed by atoms with Gasteiger partial charge in [-0.15, -0.1) is 0 Å². The van der Waals surface area contributed by atoms with E-state index in [9.17, 15) is 29.1 Å². The number of unbranched alkanes of at least 4 members (excludes halogenated alkanes) is 4. The number of carbonyl (C=O) groups is 5. The molecule has 2 unspecified atom stereocenters. The molecule has 59 heavy (non-hydrogen) atoms. The predicted octanol–water partition coefficient (Wildman–Crippen LogP) is 4.33. The summed E-state index contributed by atoms with van der Waals surface area (Å²) in [6, 6.07) is 5.63. The van der Waals surface area contributed by atoms with Gasteiger partial charge in [0, 0.05) is 58.8 Å². The Labute approximate surface area is 348 Å². The molecular formula is C44H66N4O11. The normalized spacial score (nSPS) is 26.2. The van der Waals surface area contributed by atoms with Crippen LogP contribution in [-0.2, 0) is 54.3 Å². The third-order valence-corrected chi connectivity index (χ3v) is 11.6. The first-order valence-corrected chi connectivity index (χ1v) is 21.4. The van der Waals surface area contributed by atoms with Gasteiger partial charge in [-0.05, 0) is 57.2 Å². The average molecular weight is 827 g/mol. The van der Waals surface area contributed by atoms with Gasteiger partial charge in [0.15, 0.2) is 11.8 Å². The Morgan fingerprint density at radius 3 is 2.34 bits per heavy atom.